The molecule has 0 N–H and O–H groups in total. The Kier molecular flexibility index (Phi) is 7.49. The highest BCUT2D eigenvalue weighted by molar-refractivity contribution is 8.18. The second-order valence-electron chi connectivity index (χ2n) is 8.46. The van der Waals surface area contributed by atoms with Crippen LogP contribution in [0.15, 0.2) is 89.8 Å². The standard InChI is InChI=1S/C30H24ClNO4S/c1-2-35-27-16-20(13-14-26(27)36-19-23-10-6-9-22-8-3-4-12-25(22)23)17-28-29(33)32(30(34)37-28)18-21-7-5-11-24(31)15-21/h3-17H,2,18-19H2,1H3/b28-17-. The molecule has 0 aliphatic carbocycles. The van der Waals surface area contributed by atoms with E-state index < -0.39 is 0 Å². The van der Waals surface area contributed by atoms with Crippen molar-refractivity contribution >= 4 is 51.4 Å². The molecule has 37 heavy (non-hydrogen) atoms. The summed E-state index contributed by atoms with van der Waals surface area (Å²) in [6.07, 6.45) is 1.71. The third kappa shape index (κ3) is 5.66. The first kappa shape index (κ1) is 24.9. The molecule has 0 unspecified atom stereocenters. The molecule has 0 atom stereocenters. The number of carbonyl (C=O) groups excluding carboxylic acids is 2. The van der Waals surface area contributed by atoms with E-state index in [9.17, 15) is 9.59 Å². The van der Waals surface area contributed by atoms with E-state index in [4.69, 9.17) is 21.1 Å². The van der Waals surface area contributed by atoms with Gasteiger partial charge in [-0.1, -0.05) is 72.3 Å². The maximum atomic E-state index is 13.0. The minimum Gasteiger partial charge on any atom is -0.490 e. The number of fused-ring (bicyclic) bond motifs is 1. The van der Waals surface area contributed by atoms with E-state index in [1.807, 2.05) is 49.4 Å². The first-order valence-corrected chi connectivity index (χ1v) is 13.1. The van der Waals surface area contributed by atoms with Gasteiger partial charge in [0.25, 0.3) is 11.1 Å². The quantitative estimate of drug-likeness (QED) is 0.219. The lowest BCUT2D eigenvalue weighted by Crippen LogP contribution is -2.27. The Morgan fingerprint density at radius 1 is 0.892 bits per heavy atom. The lowest BCUT2D eigenvalue weighted by molar-refractivity contribution is -0.123. The number of ether oxygens (including phenoxy) is 2. The van der Waals surface area contributed by atoms with Gasteiger partial charge in [-0.25, -0.2) is 0 Å². The Morgan fingerprint density at radius 2 is 1.70 bits per heavy atom. The van der Waals surface area contributed by atoms with Gasteiger partial charge in [-0.05, 0) is 76.5 Å². The molecule has 1 aliphatic rings. The predicted octanol–water partition coefficient (Wildman–Crippen LogP) is 7.71. The summed E-state index contributed by atoms with van der Waals surface area (Å²) < 4.78 is 12.0. The van der Waals surface area contributed by atoms with Gasteiger partial charge in [0.05, 0.1) is 18.1 Å². The Balaban J connectivity index is 1.34. The van der Waals surface area contributed by atoms with E-state index in [0.29, 0.717) is 34.6 Å². The highest BCUT2D eigenvalue weighted by Gasteiger charge is 2.35. The van der Waals surface area contributed by atoms with Crippen molar-refractivity contribution in [1.29, 1.82) is 0 Å². The Hall–Kier alpha value is -3.74. The average Bonchev–Trinajstić information content (AvgIpc) is 3.15. The number of imide groups is 1. The summed E-state index contributed by atoms with van der Waals surface area (Å²) in [7, 11) is 0. The summed E-state index contributed by atoms with van der Waals surface area (Å²) in [6, 6.07) is 27.0. The molecular formula is C30H24ClNO4S. The third-order valence-electron chi connectivity index (χ3n) is 5.93. The lowest BCUT2D eigenvalue weighted by atomic mass is 10.1. The fraction of sp³-hybridized carbons (Fsp3) is 0.133. The van der Waals surface area contributed by atoms with E-state index in [-0.39, 0.29) is 17.7 Å². The van der Waals surface area contributed by atoms with Crippen molar-refractivity contribution in [2.45, 2.75) is 20.1 Å². The van der Waals surface area contributed by atoms with E-state index in [1.54, 1.807) is 24.3 Å². The first-order chi connectivity index (χ1) is 18.0. The molecule has 0 radical (unpaired) electrons. The molecule has 7 heteroatoms. The number of thioether (sulfide) groups is 1. The highest BCUT2D eigenvalue weighted by atomic mass is 35.5. The van der Waals surface area contributed by atoms with Gasteiger partial charge in [-0.2, -0.15) is 0 Å². The molecule has 0 aromatic heterocycles. The second-order valence-corrected chi connectivity index (χ2v) is 9.89. The van der Waals surface area contributed by atoms with Crippen molar-refractivity contribution in [1.82, 2.24) is 4.90 Å². The minimum atomic E-state index is -0.329. The van der Waals surface area contributed by atoms with Crippen LogP contribution in [0.25, 0.3) is 16.8 Å². The maximum absolute atomic E-state index is 13.0. The van der Waals surface area contributed by atoms with Crippen LogP contribution >= 0.6 is 23.4 Å². The Labute approximate surface area is 224 Å². The number of hydrogen-bond acceptors (Lipinski definition) is 5. The van der Waals surface area contributed by atoms with Gasteiger partial charge < -0.3 is 9.47 Å². The van der Waals surface area contributed by atoms with Crippen LogP contribution in [-0.2, 0) is 17.9 Å². The van der Waals surface area contributed by atoms with Gasteiger partial charge in [0.1, 0.15) is 6.61 Å². The van der Waals surface area contributed by atoms with Crippen molar-refractivity contribution in [2.24, 2.45) is 0 Å². The fourth-order valence-electron chi connectivity index (χ4n) is 4.18. The third-order valence-corrected chi connectivity index (χ3v) is 7.07. The molecule has 4 aromatic rings. The zero-order valence-corrected chi connectivity index (χ0v) is 21.7. The summed E-state index contributed by atoms with van der Waals surface area (Å²) in [4.78, 5) is 27.1. The van der Waals surface area contributed by atoms with Gasteiger partial charge in [-0.15, -0.1) is 0 Å². The molecule has 1 aliphatic heterocycles. The van der Waals surface area contributed by atoms with Crippen molar-refractivity contribution in [3.8, 4) is 11.5 Å². The smallest absolute Gasteiger partial charge is 0.293 e. The highest BCUT2D eigenvalue weighted by Crippen LogP contribution is 2.36. The van der Waals surface area contributed by atoms with E-state index in [1.165, 1.54) is 4.90 Å². The number of amides is 2. The number of benzene rings is 4. The molecule has 5 nitrogen and oxygen atoms in total. The van der Waals surface area contributed by atoms with Crippen LogP contribution in [0, 0.1) is 0 Å². The van der Waals surface area contributed by atoms with Crippen LogP contribution in [0.2, 0.25) is 5.02 Å². The van der Waals surface area contributed by atoms with Crippen LogP contribution in [0.4, 0.5) is 4.79 Å². The largest absolute Gasteiger partial charge is 0.490 e. The van der Waals surface area contributed by atoms with Crippen LogP contribution in [0.5, 0.6) is 11.5 Å². The summed E-state index contributed by atoms with van der Waals surface area (Å²) >= 11 is 6.97. The molecule has 5 rings (SSSR count). The Bertz CT molecular complexity index is 1510. The number of hydrogen-bond donors (Lipinski definition) is 0. The second kappa shape index (κ2) is 11.1. The SMILES string of the molecule is CCOc1cc(/C=C2\SC(=O)N(Cc3cccc(Cl)c3)C2=O)ccc1OCc1cccc2ccccc12. The van der Waals surface area contributed by atoms with Gasteiger partial charge in [-0.3, -0.25) is 14.5 Å². The van der Waals surface area contributed by atoms with E-state index in [0.717, 1.165) is 39.2 Å². The molecule has 1 heterocycles. The molecule has 0 spiro atoms. The van der Waals surface area contributed by atoms with Crippen LogP contribution in [0.3, 0.4) is 0 Å². The van der Waals surface area contributed by atoms with Gasteiger partial charge in [0.15, 0.2) is 11.5 Å². The molecule has 0 bridgehead atoms. The van der Waals surface area contributed by atoms with Crippen molar-refractivity contribution < 1.29 is 19.1 Å². The minimum absolute atomic E-state index is 0.174. The Morgan fingerprint density at radius 3 is 2.54 bits per heavy atom. The first-order valence-electron chi connectivity index (χ1n) is 11.9. The topological polar surface area (TPSA) is 55.8 Å². The van der Waals surface area contributed by atoms with Crippen molar-refractivity contribution in [3.05, 3.63) is 112 Å². The predicted molar refractivity (Wildman–Crippen MR) is 149 cm³/mol. The molecule has 0 saturated carbocycles. The zero-order valence-electron chi connectivity index (χ0n) is 20.1. The molecule has 4 aromatic carbocycles. The molecular weight excluding hydrogens is 506 g/mol. The van der Waals surface area contributed by atoms with Crippen LogP contribution in [-0.4, -0.2) is 22.7 Å². The van der Waals surface area contributed by atoms with Gasteiger partial charge in [0.2, 0.25) is 0 Å². The van der Waals surface area contributed by atoms with Gasteiger partial charge in [0, 0.05) is 5.02 Å². The summed E-state index contributed by atoms with van der Waals surface area (Å²) in [5.41, 5.74) is 2.62. The summed E-state index contributed by atoms with van der Waals surface area (Å²) in [6.45, 7) is 2.93. The van der Waals surface area contributed by atoms with Crippen molar-refractivity contribution in [2.75, 3.05) is 6.61 Å². The lowest BCUT2D eigenvalue weighted by Gasteiger charge is -2.14. The number of nitrogens with zero attached hydrogens (tertiary/aromatic N) is 1. The van der Waals surface area contributed by atoms with Crippen molar-refractivity contribution in [3.63, 3.8) is 0 Å². The molecule has 186 valence electrons. The molecule has 2 amide bonds. The maximum Gasteiger partial charge on any atom is 0.293 e. The fourth-order valence-corrected chi connectivity index (χ4v) is 5.23. The monoisotopic (exact) mass is 529 g/mol. The summed E-state index contributed by atoms with van der Waals surface area (Å²) in [5, 5.41) is 2.56. The number of carbonyl (C=O) groups is 2. The molecule has 1 saturated heterocycles. The zero-order chi connectivity index (χ0) is 25.8. The number of halogens is 1. The summed E-state index contributed by atoms with van der Waals surface area (Å²) in [5.74, 6) is 0.861. The van der Waals surface area contributed by atoms with Gasteiger partial charge >= 0.3 is 0 Å². The van der Waals surface area contributed by atoms with E-state index >= 15 is 0 Å². The van der Waals surface area contributed by atoms with Crippen LogP contribution in [0.1, 0.15) is 23.6 Å². The normalized spacial score (nSPS) is 14.5. The van der Waals surface area contributed by atoms with E-state index in [2.05, 4.69) is 24.3 Å². The van der Waals surface area contributed by atoms with Crippen LogP contribution < -0.4 is 9.47 Å². The number of rotatable bonds is 8. The average molecular weight is 530 g/mol. The molecule has 1 fully saturated rings.